The lowest BCUT2D eigenvalue weighted by Crippen LogP contribution is -2.61. The van der Waals surface area contributed by atoms with Gasteiger partial charge >= 0.3 is 13.3 Å². The molecule has 0 spiro atoms. The van der Waals surface area contributed by atoms with Crippen molar-refractivity contribution in [2.45, 2.75) is 56.4 Å². The Kier molecular flexibility index (Phi) is 8.78. The van der Waals surface area contributed by atoms with E-state index in [0.717, 1.165) is 23.5 Å². The highest BCUT2D eigenvalue weighted by Crippen LogP contribution is 2.59. The van der Waals surface area contributed by atoms with Gasteiger partial charge in [-0.3, -0.25) is 23.7 Å². The second kappa shape index (κ2) is 12.2. The molecule has 0 radical (unpaired) electrons. The van der Waals surface area contributed by atoms with Crippen molar-refractivity contribution in [3.05, 3.63) is 34.7 Å². The zero-order valence-corrected chi connectivity index (χ0v) is 27.9. The summed E-state index contributed by atoms with van der Waals surface area (Å²) in [4.78, 5) is 76.9. The van der Waals surface area contributed by atoms with E-state index in [1.165, 1.54) is 28.9 Å². The molecule has 4 amide bonds. The van der Waals surface area contributed by atoms with Gasteiger partial charge in [0.15, 0.2) is 9.84 Å². The van der Waals surface area contributed by atoms with Crippen molar-refractivity contribution >= 4 is 62.5 Å². The van der Waals surface area contributed by atoms with E-state index in [-0.39, 0.29) is 58.0 Å². The number of likely N-dealkylation sites (tertiary alicyclic amines) is 1. The molecule has 5 heterocycles. The number of alkyl halides is 2. The van der Waals surface area contributed by atoms with Gasteiger partial charge in [0, 0.05) is 49.4 Å². The van der Waals surface area contributed by atoms with Gasteiger partial charge < -0.3 is 29.8 Å². The highest BCUT2D eigenvalue weighted by molar-refractivity contribution is 7.91. The van der Waals surface area contributed by atoms with Crippen molar-refractivity contribution in [1.82, 2.24) is 20.0 Å². The lowest BCUT2D eigenvalue weighted by atomic mass is 9.95. The summed E-state index contributed by atoms with van der Waals surface area (Å²) in [6, 6.07) is 1.89. The molecule has 4 saturated heterocycles. The van der Waals surface area contributed by atoms with E-state index in [1.807, 2.05) is 0 Å². The van der Waals surface area contributed by atoms with E-state index >= 15 is 0 Å². The third-order valence-electron chi connectivity index (χ3n) is 9.84. The first-order valence-corrected chi connectivity index (χ1v) is 19.6. The Bertz CT molecular complexity index is 1800. The molecule has 0 saturated carbocycles. The maximum Gasteiger partial charge on any atom is 0.399 e. The number of nitrogens with one attached hydrogen (secondary N) is 1. The SMILES string of the molecule is CC(=O)N1CC[C@H]2CC[C@@H](C(=O)N3CC4CCS(=O)(=O)CC4C3)N2C(=O)[C@@H](NC(=O)c2cc3cc(C(F)(F)P(=O)(O)O)ccc3s2)C1. The third-order valence-corrected chi connectivity index (χ3v) is 13.7. The highest BCUT2D eigenvalue weighted by Gasteiger charge is 2.51. The molecule has 2 unspecified atom stereocenters. The van der Waals surface area contributed by atoms with Crippen LogP contribution in [0.1, 0.15) is 47.8 Å². The molecule has 256 valence electrons. The molecule has 47 heavy (non-hydrogen) atoms. The fraction of sp³-hybridized carbons (Fsp3) is 0.586. The molecule has 0 aliphatic carbocycles. The van der Waals surface area contributed by atoms with Crippen LogP contribution in [0.4, 0.5) is 8.78 Å². The molecule has 3 N–H and O–H groups in total. The van der Waals surface area contributed by atoms with Crippen LogP contribution in [0.15, 0.2) is 24.3 Å². The van der Waals surface area contributed by atoms with Crippen LogP contribution in [-0.4, -0.2) is 112 Å². The van der Waals surface area contributed by atoms with Crippen molar-refractivity contribution in [1.29, 1.82) is 0 Å². The Morgan fingerprint density at radius 3 is 2.45 bits per heavy atom. The number of hydrogen-bond donors (Lipinski definition) is 3. The van der Waals surface area contributed by atoms with Crippen LogP contribution in [0.5, 0.6) is 0 Å². The molecule has 13 nitrogen and oxygen atoms in total. The van der Waals surface area contributed by atoms with E-state index < -0.39 is 52.6 Å². The highest BCUT2D eigenvalue weighted by atomic mass is 32.2. The predicted molar refractivity (Wildman–Crippen MR) is 166 cm³/mol. The summed E-state index contributed by atoms with van der Waals surface area (Å²) in [7, 11) is -8.97. The van der Waals surface area contributed by atoms with E-state index in [9.17, 15) is 40.9 Å². The van der Waals surface area contributed by atoms with Gasteiger partial charge in [0.25, 0.3) is 5.91 Å². The number of nitrogens with zero attached hydrogens (tertiary/aromatic N) is 3. The van der Waals surface area contributed by atoms with Crippen LogP contribution in [0.2, 0.25) is 0 Å². The average molecular weight is 717 g/mol. The molecule has 4 aliphatic heterocycles. The van der Waals surface area contributed by atoms with Crippen LogP contribution in [0.3, 0.4) is 0 Å². The Labute approximate surface area is 273 Å². The summed E-state index contributed by atoms with van der Waals surface area (Å²) in [5.74, 6) is -1.73. The normalized spacial score (nSPS) is 28.1. The largest absolute Gasteiger partial charge is 0.399 e. The minimum absolute atomic E-state index is 0.0392. The first-order valence-electron chi connectivity index (χ1n) is 15.3. The van der Waals surface area contributed by atoms with Crippen LogP contribution >= 0.6 is 18.9 Å². The Balaban J connectivity index is 1.23. The van der Waals surface area contributed by atoms with Gasteiger partial charge in [-0.1, -0.05) is 6.07 Å². The van der Waals surface area contributed by atoms with Gasteiger partial charge in [-0.15, -0.1) is 11.3 Å². The Morgan fingerprint density at radius 2 is 1.74 bits per heavy atom. The number of amides is 4. The minimum atomic E-state index is -5.81. The van der Waals surface area contributed by atoms with Crippen LogP contribution in [0, 0.1) is 11.8 Å². The second-order valence-corrected chi connectivity index (χ2v) is 17.8. The summed E-state index contributed by atoms with van der Waals surface area (Å²) >= 11 is 0.930. The van der Waals surface area contributed by atoms with Gasteiger partial charge in [-0.05, 0) is 61.1 Å². The van der Waals surface area contributed by atoms with E-state index in [1.54, 1.807) is 4.90 Å². The maximum atomic E-state index is 14.3. The van der Waals surface area contributed by atoms with Crippen molar-refractivity contribution in [2.24, 2.45) is 11.8 Å². The van der Waals surface area contributed by atoms with Gasteiger partial charge in [-0.25, -0.2) is 8.42 Å². The number of carbonyl (C=O) groups excluding carboxylic acids is 4. The van der Waals surface area contributed by atoms with Crippen LogP contribution in [0.25, 0.3) is 10.1 Å². The standard InChI is InChI=1S/C29H35F2N4O9PS2/c1-16(36)33-8-6-21-3-4-23(28(39)34-12-17-7-9-47(43,44)15-19(17)13-34)35(21)27(38)22(14-33)32-26(37)25-11-18-10-20(2-5-24(18)46-25)29(30,31)45(40,41)42/h2,5,10-11,17,19,21-23H,3-4,6-9,12-15H2,1H3,(H,32,37)(H2,40,41,42)/t17?,19?,21-,22+,23+/m1/s1. The van der Waals surface area contributed by atoms with Crippen LogP contribution < -0.4 is 5.32 Å². The van der Waals surface area contributed by atoms with Gasteiger partial charge in [-0.2, -0.15) is 8.78 Å². The van der Waals surface area contributed by atoms with E-state index in [2.05, 4.69) is 5.32 Å². The number of carbonyl (C=O) groups is 4. The van der Waals surface area contributed by atoms with E-state index in [0.29, 0.717) is 50.0 Å². The number of fused-ring (bicyclic) bond motifs is 3. The van der Waals surface area contributed by atoms with Gasteiger partial charge in [0.05, 0.1) is 16.4 Å². The second-order valence-electron chi connectivity index (χ2n) is 12.9. The quantitative estimate of drug-likeness (QED) is 0.389. The molecule has 4 aliphatic rings. The summed E-state index contributed by atoms with van der Waals surface area (Å²) < 4.78 is 64.8. The Morgan fingerprint density at radius 1 is 1.02 bits per heavy atom. The monoisotopic (exact) mass is 716 g/mol. The van der Waals surface area contributed by atoms with Crippen molar-refractivity contribution in [2.75, 3.05) is 37.7 Å². The summed E-state index contributed by atoms with van der Waals surface area (Å²) in [5, 5.41) is 2.82. The fourth-order valence-electron chi connectivity index (χ4n) is 7.34. The topological polar surface area (TPSA) is 182 Å². The number of hydrogen-bond acceptors (Lipinski definition) is 8. The lowest BCUT2D eigenvalue weighted by molar-refractivity contribution is -0.148. The number of sulfone groups is 1. The first kappa shape index (κ1) is 33.9. The zero-order chi connectivity index (χ0) is 34.1. The van der Waals surface area contributed by atoms with Gasteiger partial charge in [0.1, 0.15) is 12.1 Å². The molecule has 4 fully saturated rings. The molecular weight excluding hydrogens is 681 g/mol. The predicted octanol–water partition coefficient (Wildman–Crippen LogP) is 1.73. The maximum absolute atomic E-state index is 14.3. The zero-order valence-electron chi connectivity index (χ0n) is 25.4. The Hall–Kier alpha value is -2.98. The fourth-order valence-corrected chi connectivity index (χ4v) is 10.6. The van der Waals surface area contributed by atoms with Crippen molar-refractivity contribution in [3.63, 3.8) is 0 Å². The molecule has 2 aromatic rings. The molecule has 5 atom stereocenters. The molecule has 6 rings (SSSR count). The smallest absolute Gasteiger partial charge is 0.340 e. The summed E-state index contributed by atoms with van der Waals surface area (Å²) in [5.41, 5.74) is -5.34. The summed E-state index contributed by atoms with van der Waals surface area (Å²) in [6.07, 6.45) is 1.84. The van der Waals surface area contributed by atoms with E-state index in [4.69, 9.17) is 9.79 Å². The van der Waals surface area contributed by atoms with Crippen molar-refractivity contribution < 1.29 is 50.7 Å². The number of rotatable bonds is 5. The number of halogens is 2. The average Bonchev–Trinajstić information content (AvgIpc) is 3.71. The molecule has 18 heteroatoms. The number of benzene rings is 1. The molecule has 1 aromatic heterocycles. The molecule has 1 aromatic carbocycles. The minimum Gasteiger partial charge on any atom is -0.340 e. The van der Waals surface area contributed by atoms with Crippen LogP contribution in [-0.2, 0) is 34.4 Å². The van der Waals surface area contributed by atoms with Gasteiger partial charge in [0.2, 0.25) is 17.7 Å². The summed E-state index contributed by atoms with van der Waals surface area (Å²) in [6.45, 7) is 2.22. The lowest BCUT2D eigenvalue weighted by Gasteiger charge is -2.39. The number of thiophene rings is 1. The molecule has 0 bridgehead atoms. The molecular formula is C29H35F2N4O9PS2. The van der Waals surface area contributed by atoms with Crippen molar-refractivity contribution in [3.8, 4) is 0 Å². The third kappa shape index (κ3) is 6.44. The first-order chi connectivity index (χ1) is 21.9.